The predicted molar refractivity (Wildman–Crippen MR) is 58.0 cm³/mol. The first kappa shape index (κ1) is 10.1. The van der Waals surface area contributed by atoms with Gasteiger partial charge in [-0.05, 0) is 30.9 Å². The standard InChI is InChI=1S/C12H16N2O/c1-9(10-5-6-10)12(15)14-8-11-4-2-3-7-13-11/h2-4,7,9-10H,5-6,8H2,1H3,(H,14,15). The van der Waals surface area contributed by atoms with E-state index in [1.54, 1.807) is 6.20 Å². The number of nitrogens with zero attached hydrogens (tertiary/aromatic N) is 1. The number of carbonyl (C=O) groups is 1. The smallest absolute Gasteiger partial charge is 0.223 e. The van der Waals surface area contributed by atoms with Crippen molar-refractivity contribution in [1.82, 2.24) is 10.3 Å². The third-order valence-electron chi connectivity index (χ3n) is 2.91. The van der Waals surface area contributed by atoms with Gasteiger partial charge < -0.3 is 5.32 Å². The maximum Gasteiger partial charge on any atom is 0.223 e. The van der Waals surface area contributed by atoms with Gasteiger partial charge in [-0.2, -0.15) is 0 Å². The van der Waals surface area contributed by atoms with Gasteiger partial charge in [0.1, 0.15) is 0 Å². The minimum absolute atomic E-state index is 0.156. The molecule has 0 aromatic carbocycles. The van der Waals surface area contributed by atoms with Crippen LogP contribution in [-0.4, -0.2) is 10.9 Å². The van der Waals surface area contributed by atoms with Crippen LogP contribution in [0.2, 0.25) is 0 Å². The lowest BCUT2D eigenvalue weighted by Crippen LogP contribution is -2.29. The summed E-state index contributed by atoms with van der Waals surface area (Å²) in [6.07, 6.45) is 4.15. The SMILES string of the molecule is CC(C(=O)NCc1ccccn1)C1CC1. The molecule has 3 heteroatoms. The van der Waals surface area contributed by atoms with E-state index >= 15 is 0 Å². The van der Waals surface area contributed by atoms with Gasteiger partial charge >= 0.3 is 0 Å². The van der Waals surface area contributed by atoms with Gasteiger partial charge in [-0.15, -0.1) is 0 Å². The molecule has 1 aliphatic carbocycles. The third-order valence-corrected chi connectivity index (χ3v) is 2.91. The van der Waals surface area contributed by atoms with Crippen molar-refractivity contribution in [2.75, 3.05) is 0 Å². The minimum Gasteiger partial charge on any atom is -0.350 e. The summed E-state index contributed by atoms with van der Waals surface area (Å²) in [7, 11) is 0. The van der Waals surface area contributed by atoms with Crippen LogP contribution in [0.25, 0.3) is 0 Å². The number of rotatable bonds is 4. The summed E-state index contributed by atoms with van der Waals surface area (Å²) in [6.45, 7) is 2.54. The molecule has 1 unspecified atom stereocenters. The van der Waals surface area contributed by atoms with Crippen LogP contribution < -0.4 is 5.32 Å². The molecule has 2 rings (SSSR count). The maximum atomic E-state index is 11.7. The second-order valence-electron chi connectivity index (χ2n) is 4.16. The number of hydrogen-bond donors (Lipinski definition) is 1. The van der Waals surface area contributed by atoms with Crippen molar-refractivity contribution in [1.29, 1.82) is 0 Å². The van der Waals surface area contributed by atoms with E-state index in [9.17, 15) is 4.79 Å². The van der Waals surface area contributed by atoms with Crippen molar-refractivity contribution < 1.29 is 4.79 Å². The molecule has 1 aromatic heterocycles. The highest BCUT2D eigenvalue weighted by Gasteiger charge is 2.32. The molecule has 0 radical (unpaired) electrons. The highest BCUT2D eigenvalue weighted by molar-refractivity contribution is 5.78. The fourth-order valence-electron chi connectivity index (χ4n) is 1.65. The van der Waals surface area contributed by atoms with Crippen LogP contribution in [0.3, 0.4) is 0 Å². The Labute approximate surface area is 89.9 Å². The van der Waals surface area contributed by atoms with Crippen molar-refractivity contribution in [3.8, 4) is 0 Å². The Morgan fingerprint density at radius 2 is 2.40 bits per heavy atom. The van der Waals surface area contributed by atoms with Gasteiger partial charge in [-0.1, -0.05) is 13.0 Å². The van der Waals surface area contributed by atoms with Crippen LogP contribution in [0.4, 0.5) is 0 Å². The summed E-state index contributed by atoms with van der Waals surface area (Å²) >= 11 is 0. The molecule has 0 aliphatic heterocycles. The number of aromatic nitrogens is 1. The lowest BCUT2D eigenvalue weighted by molar-refractivity contribution is -0.125. The molecule has 80 valence electrons. The summed E-state index contributed by atoms with van der Waals surface area (Å²) in [5.41, 5.74) is 0.911. The quantitative estimate of drug-likeness (QED) is 0.811. The lowest BCUT2D eigenvalue weighted by atomic mass is 10.1. The first-order valence-corrected chi connectivity index (χ1v) is 5.45. The summed E-state index contributed by atoms with van der Waals surface area (Å²) < 4.78 is 0. The van der Waals surface area contributed by atoms with E-state index in [-0.39, 0.29) is 11.8 Å². The van der Waals surface area contributed by atoms with Crippen LogP contribution in [-0.2, 0) is 11.3 Å². The van der Waals surface area contributed by atoms with E-state index in [1.807, 2.05) is 25.1 Å². The summed E-state index contributed by atoms with van der Waals surface area (Å²) in [4.78, 5) is 15.8. The van der Waals surface area contributed by atoms with E-state index < -0.39 is 0 Å². The molecule has 1 saturated carbocycles. The molecular weight excluding hydrogens is 188 g/mol. The Morgan fingerprint density at radius 1 is 1.60 bits per heavy atom. The number of amides is 1. The van der Waals surface area contributed by atoms with Crippen LogP contribution in [0.1, 0.15) is 25.5 Å². The highest BCUT2D eigenvalue weighted by atomic mass is 16.1. The van der Waals surface area contributed by atoms with Gasteiger partial charge in [0.25, 0.3) is 0 Å². The molecule has 3 nitrogen and oxygen atoms in total. The zero-order valence-electron chi connectivity index (χ0n) is 8.94. The Bertz CT molecular complexity index is 333. The molecule has 1 aromatic rings. The number of hydrogen-bond acceptors (Lipinski definition) is 2. The Balaban J connectivity index is 1.80. The highest BCUT2D eigenvalue weighted by Crippen LogP contribution is 2.36. The Morgan fingerprint density at radius 3 is 3.00 bits per heavy atom. The first-order chi connectivity index (χ1) is 7.27. The topological polar surface area (TPSA) is 42.0 Å². The molecule has 0 bridgehead atoms. The van der Waals surface area contributed by atoms with Crippen molar-refractivity contribution in [3.63, 3.8) is 0 Å². The average molecular weight is 204 g/mol. The molecule has 1 atom stereocenters. The molecule has 1 heterocycles. The van der Waals surface area contributed by atoms with Crippen molar-refractivity contribution >= 4 is 5.91 Å². The molecule has 15 heavy (non-hydrogen) atoms. The monoisotopic (exact) mass is 204 g/mol. The molecule has 1 N–H and O–H groups in total. The van der Waals surface area contributed by atoms with Gasteiger partial charge in [0, 0.05) is 12.1 Å². The molecule has 0 spiro atoms. The van der Waals surface area contributed by atoms with Gasteiger partial charge in [0.05, 0.1) is 12.2 Å². The van der Waals surface area contributed by atoms with E-state index in [0.717, 1.165) is 5.69 Å². The zero-order valence-corrected chi connectivity index (χ0v) is 8.94. The van der Waals surface area contributed by atoms with Crippen molar-refractivity contribution in [2.24, 2.45) is 11.8 Å². The van der Waals surface area contributed by atoms with E-state index in [4.69, 9.17) is 0 Å². The molecular formula is C12H16N2O. The van der Waals surface area contributed by atoms with Crippen LogP contribution in [0.5, 0.6) is 0 Å². The zero-order chi connectivity index (χ0) is 10.7. The summed E-state index contributed by atoms with van der Waals surface area (Å²) in [5.74, 6) is 0.936. The third kappa shape index (κ3) is 2.78. The second kappa shape index (κ2) is 4.43. The minimum atomic E-state index is 0.156. The van der Waals surface area contributed by atoms with E-state index in [0.29, 0.717) is 12.5 Å². The van der Waals surface area contributed by atoms with Crippen molar-refractivity contribution in [3.05, 3.63) is 30.1 Å². The average Bonchev–Trinajstić information content (AvgIpc) is 3.10. The lowest BCUT2D eigenvalue weighted by Gasteiger charge is -2.10. The maximum absolute atomic E-state index is 11.7. The normalized spacial score (nSPS) is 17.1. The predicted octanol–water partition coefficient (Wildman–Crippen LogP) is 1.74. The van der Waals surface area contributed by atoms with Gasteiger partial charge in [-0.3, -0.25) is 9.78 Å². The van der Waals surface area contributed by atoms with E-state index in [1.165, 1.54) is 12.8 Å². The van der Waals surface area contributed by atoms with Crippen LogP contribution >= 0.6 is 0 Å². The molecule has 1 fully saturated rings. The van der Waals surface area contributed by atoms with Gasteiger partial charge in [0.15, 0.2) is 0 Å². The van der Waals surface area contributed by atoms with Gasteiger partial charge in [0.2, 0.25) is 5.91 Å². The first-order valence-electron chi connectivity index (χ1n) is 5.45. The number of nitrogens with one attached hydrogen (secondary N) is 1. The molecule has 0 saturated heterocycles. The largest absolute Gasteiger partial charge is 0.350 e. The summed E-state index contributed by atoms with van der Waals surface area (Å²) in [5, 5.41) is 2.92. The fraction of sp³-hybridized carbons (Fsp3) is 0.500. The second-order valence-corrected chi connectivity index (χ2v) is 4.16. The van der Waals surface area contributed by atoms with Gasteiger partial charge in [-0.25, -0.2) is 0 Å². The Hall–Kier alpha value is -1.38. The number of pyridine rings is 1. The number of carbonyl (C=O) groups excluding carboxylic acids is 1. The summed E-state index contributed by atoms with van der Waals surface area (Å²) in [6, 6.07) is 5.72. The van der Waals surface area contributed by atoms with Crippen LogP contribution in [0, 0.1) is 11.8 Å². The fourth-order valence-corrected chi connectivity index (χ4v) is 1.65. The molecule has 1 aliphatic rings. The Kier molecular flexibility index (Phi) is 2.99. The van der Waals surface area contributed by atoms with Crippen molar-refractivity contribution in [2.45, 2.75) is 26.3 Å². The van der Waals surface area contributed by atoms with E-state index in [2.05, 4.69) is 10.3 Å². The van der Waals surface area contributed by atoms with Crippen LogP contribution in [0.15, 0.2) is 24.4 Å². The molecule has 1 amide bonds.